The van der Waals surface area contributed by atoms with Crippen LogP contribution < -0.4 is 9.47 Å². The minimum atomic E-state index is 0.826. The summed E-state index contributed by atoms with van der Waals surface area (Å²) in [6.07, 6.45) is 7.49. The van der Waals surface area contributed by atoms with Crippen molar-refractivity contribution in [3.05, 3.63) is 19.3 Å². The van der Waals surface area contributed by atoms with Gasteiger partial charge in [-0.2, -0.15) is 0 Å². The van der Waals surface area contributed by atoms with Crippen LogP contribution in [0.25, 0.3) is 0 Å². The van der Waals surface area contributed by atoms with E-state index in [9.17, 15) is 0 Å². The van der Waals surface area contributed by atoms with Crippen LogP contribution in [0, 0.1) is 7.14 Å². The molecule has 2 bridgehead atoms. The molecule has 4 heteroatoms. The van der Waals surface area contributed by atoms with E-state index in [1.54, 1.807) is 0 Å². The zero-order chi connectivity index (χ0) is 12.8. The predicted octanol–water partition coefficient (Wildman–Crippen LogP) is 5.01. The lowest BCUT2D eigenvalue weighted by Gasteiger charge is -2.14. The number of ether oxygens (including phenoxy) is 2. The fourth-order valence-electron chi connectivity index (χ4n) is 2.01. The molecule has 2 nitrogen and oxygen atoms in total. The maximum Gasteiger partial charge on any atom is 0.133 e. The van der Waals surface area contributed by atoms with Crippen LogP contribution in [-0.2, 0) is 0 Å². The van der Waals surface area contributed by atoms with Crippen LogP contribution in [0.3, 0.4) is 0 Å². The molecule has 0 amide bonds. The molecule has 18 heavy (non-hydrogen) atoms. The van der Waals surface area contributed by atoms with Crippen LogP contribution in [0.5, 0.6) is 11.5 Å². The maximum absolute atomic E-state index is 5.85. The summed E-state index contributed by atoms with van der Waals surface area (Å²) in [4.78, 5) is 0. The molecular formula is C14H18I2O2. The Balaban J connectivity index is 2.12. The van der Waals surface area contributed by atoms with Crippen LogP contribution in [0.4, 0.5) is 0 Å². The van der Waals surface area contributed by atoms with Crippen molar-refractivity contribution < 1.29 is 9.47 Å². The van der Waals surface area contributed by atoms with Crippen molar-refractivity contribution in [2.75, 3.05) is 13.2 Å². The second-order valence-corrected chi connectivity index (χ2v) is 6.86. The van der Waals surface area contributed by atoms with E-state index in [1.807, 2.05) is 0 Å². The first kappa shape index (κ1) is 14.7. The van der Waals surface area contributed by atoms with Gasteiger partial charge >= 0.3 is 0 Å². The Hall–Kier alpha value is 0.280. The fourth-order valence-corrected chi connectivity index (χ4v) is 3.20. The first-order chi connectivity index (χ1) is 8.77. The normalized spacial score (nSPS) is 17.7. The molecule has 0 N–H and O–H groups in total. The summed E-state index contributed by atoms with van der Waals surface area (Å²) in [5.41, 5.74) is 0. The molecule has 0 aromatic heterocycles. The topological polar surface area (TPSA) is 18.5 Å². The molecular weight excluding hydrogens is 454 g/mol. The molecule has 3 rings (SSSR count). The molecule has 0 aliphatic carbocycles. The van der Waals surface area contributed by atoms with Gasteiger partial charge in [0.15, 0.2) is 0 Å². The molecule has 0 saturated carbocycles. The smallest absolute Gasteiger partial charge is 0.133 e. The molecule has 0 unspecified atom stereocenters. The highest BCUT2D eigenvalue weighted by Gasteiger charge is 2.09. The predicted molar refractivity (Wildman–Crippen MR) is 90.6 cm³/mol. The third kappa shape index (κ3) is 4.43. The maximum atomic E-state index is 5.85. The molecule has 2 aliphatic heterocycles. The molecule has 1 aromatic carbocycles. The van der Waals surface area contributed by atoms with Crippen molar-refractivity contribution in [3.8, 4) is 11.5 Å². The Labute approximate surface area is 136 Å². The average molecular weight is 472 g/mol. The summed E-state index contributed by atoms with van der Waals surface area (Å²) < 4.78 is 14.0. The molecule has 100 valence electrons. The zero-order valence-electron chi connectivity index (χ0n) is 10.4. The Kier molecular flexibility index (Phi) is 6.34. The van der Waals surface area contributed by atoms with Crippen molar-refractivity contribution >= 4 is 45.2 Å². The summed E-state index contributed by atoms with van der Waals surface area (Å²) in [5.74, 6) is 1.98. The monoisotopic (exact) mass is 472 g/mol. The van der Waals surface area contributed by atoms with Gasteiger partial charge in [-0.05, 0) is 70.2 Å². The Bertz CT molecular complexity index is 356. The van der Waals surface area contributed by atoms with Gasteiger partial charge in [0.25, 0.3) is 0 Å². The molecule has 0 fully saturated rings. The Morgan fingerprint density at radius 2 is 1.06 bits per heavy atom. The quantitative estimate of drug-likeness (QED) is 0.495. The number of halogens is 2. The second-order valence-electron chi connectivity index (χ2n) is 4.53. The van der Waals surface area contributed by atoms with E-state index in [4.69, 9.17) is 9.47 Å². The third-order valence-electron chi connectivity index (χ3n) is 3.04. The van der Waals surface area contributed by atoms with Gasteiger partial charge in [-0.1, -0.05) is 25.7 Å². The van der Waals surface area contributed by atoms with E-state index >= 15 is 0 Å². The molecule has 1 aromatic rings. The number of rotatable bonds is 0. The van der Waals surface area contributed by atoms with Gasteiger partial charge in [0, 0.05) is 0 Å². The highest BCUT2D eigenvalue weighted by atomic mass is 127. The fraction of sp³-hybridized carbons (Fsp3) is 0.571. The van der Waals surface area contributed by atoms with Crippen LogP contribution in [0.2, 0.25) is 0 Å². The van der Waals surface area contributed by atoms with E-state index in [0.29, 0.717) is 0 Å². The zero-order valence-corrected chi connectivity index (χ0v) is 14.7. The molecule has 2 heterocycles. The van der Waals surface area contributed by atoms with Crippen molar-refractivity contribution in [2.24, 2.45) is 0 Å². The highest BCUT2D eigenvalue weighted by molar-refractivity contribution is 14.1. The lowest BCUT2D eigenvalue weighted by Crippen LogP contribution is -2.03. The standard InChI is InChI=1S/C14H18I2O2/c15-11-10-14-12(16)9-13(11)17-7-5-3-1-2-4-6-8-18-14/h9-10H,1-8H2. The first-order valence-electron chi connectivity index (χ1n) is 6.52. The number of hydrogen-bond acceptors (Lipinski definition) is 2. The minimum Gasteiger partial charge on any atom is -0.492 e. The summed E-state index contributed by atoms with van der Waals surface area (Å²) >= 11 is 4.64. The molecule has 0 radical (unpaired) electrons. The van der Waals surface area contributed by atoms with Gasteiger partial charge in [0.1, 0.15) is 11.5 Å². The summed E-state index contributed by atoms with van der Waals surface area (Å²) in [5, 5.41) is 0. The first-order valence-corrected chi connectivity index (χ1v) is 8.68. The SMILES string of the molecule is Ic1cc2c(I)cc1OCCCCCCCCO2. The van der Waals surface area contributed by atoms with Gasteiger partial charge in [0.2, 0.25) is 0 Å². The Morgan fingerprint density at radius 1 is 0.667 bits per heavy atom. The number of hydrogen-bond donors (Lipinski definition) is 0. The van der Waals surface area contributed by atoms with E-state index < -0.39 is 0 Å². The highest BCUT2D eigenvalue weighted by Crippen LogP contribution is 2.31. The van der Waals surface area contributed by atoms with E-state index in [0.717, 1.165) is 44.7 Å². The van der Waals surface area contributed by atoms with E-state index in [2.05, 4.69) is 57.3 Å². The van der Waals surface area contributed by atoms with Crippen molar-refractivity contribution in [2.45, 2.75) is 38.5 Å². The number of fused-ring (bicyclic) bond motifs is 11. The second kappa shape index (κ2) is 7.77. The largest absolute Gasteiger partial charge is 0.492 e. The van der Waals surface area contributed by atoms with Gasteiger partial charge < -0.3 is 9.47 Å². The van der Waals surface area contributed by atoms with Crippen LogP contribution in [0.15, 0.2) is 12.1 Å². The molecule has 2 aliphatic rings. The van der Waals surface area contributed by atoms with Crippen molar-refractivity contribution in [3.63, 3.8) is 0 Å². The number of benzene rings is 1. The van der Waals surface area contributed by atoms with Crippen LogP contribution >= 0.6 is 45.2 Å². The third-order valence-corrected chi connectivity index (χ3v) is 4.73. The van der Waals surface area contributed by atoms with E-state index in [-0.39, 0.29) is 0 Å². The lowest BCUT2D eigenvalue weighted by atomic mass is 10.1. The van der Waals surface area contributed by atoms with Gasteiger partial charge in [0.05, 0.1) is 20.4 Å². The van der Waals surface area contributed by atoms with Crippen molar-refractivity contribution in [1.29, 1.82) is 0 Å². The molecule has 0 spiro atoms. The van der Waals surface area contributed by atoms with Gasteiger partial charge in [-0.25, -0.2) is 0 Å². The summed E-state index contributed by atoms with van der Waals surface area (Å²) in [7, 11) is 0. The van der Waals surface area contributed by atoms with Crippen LogP contribution in [0.1, 0.15) is 38.5 Å². The van der Waals surface area contributed by atoms with Gasteiger partial charge in [-0.15, -0.1) is 0 Å². The summed E-state index contributed by atoms with van der Waals surface area (Å²) in [6, 6.07) is 4.17. The molecule has 0 saturated heterocycles. The van der Waals surface area contributed by atoms with E-state index in [1.165, 1.54) is 25.7 Å². The Morgan fingerprint density at radius 3 is 1.50 bits per heavy atom. The minimum absolute atomic E-state index is 0.826. The average Bonchev–Trinajstić information content (AvgIpc) is 2.36. The van der Waals surface area contributed by atoms with Gasteiger partial charge in [-0.3, -0.25) is 0 Å². The van der Waals surface area contributed by atoms with Crippen LogP contribution in [-0.4, -0.2) is 13.2 Å². The summed E-state index contributed by atoms with van der Waals surface area (Å²) in [6.45, 7) is 1.65. The lowest BCUT2D eigenvalue weighted by molar-refractivity contribution is 0.286. The molecule has 0 atom stereocenters. The van der Waals surface area contributed by atoms with Crippen molar-refractivity contribution in [1.82, 2.24) is 0 Å².